The van der Waals surface area contributed by atoms with Crippen LogP contribution in [0.5, 0.6) is 0 Å². The molecule has 2 atom stereocenters. The number of nitrogens with zero attached hydrogens (tertiary/aromatic N) is 2. The quantitative estimate of drug-likeness (QED) is 0.357. The fourth-order valence-electron chi connectivity index (χ4n) is 3.83. The van der Waals surface area contributed by atoms with Gasteiger partial charge in [0.15, 0.2) is 5.69 Å². The number of carbonyl (C=O) groups is 2. The van der Waals surface area contributed by atoms with Gasteiger partial charge in [0, 0.05) is 23.2 Å². The molecular formula is C25H28ClFN4O4. The lowest BCUT2D eigenvalue weighted by Gasteiger charge is -2.30. The lowest BCUT2D eigenvalue weighted by molar-refractivity contribution is -0.152. The zero-order valence-electron chi connectivity index (χ0n) is 19.8. The van der Waals surface area contributed by atoms with Crippen LogP contribution in [0, 0.1) is 18.2 Å². The molecule has 3 aromatic rings. The van der Waals surface area contributed by atoms with E-state index in [0.717, 1.165) is 5.56 Å². The molecule has 0 aliphatic carbocycles. The van der Waals surface area contributed by atoms with Gasteiger partial charge in [-0.2, -0.15) is 15.4 Å². The Labute approximate surface area is 207 Å². The third kappa shape index (κ3) is 6.64. The van der Waals surface area contributed by atoms with Crippen molar-refractivity contribution >= 4 is 23.5 Å². The number of H-pyrrole nitrogens is 1. The molecule has 0 saturated carbocycles. The molecular weight excluding hydrogens is 475 g/mol. The first kappa shape index (κ1) is 26.3. The number of hydrogen-bond donors (Lipinski definition) is 3. The van der Waals surface area contributed by atoms with Gasteiger partial charge in [-0.05, 0) is 62.9 Å². The molecule has 1 aromatic heterocycles. The third-order valence-electron chi connectivity index (χ3n) is 5.79. The number of carboxylic acids is 1. The normalized spacial score (nSPS) is 13.7. The van der Waals surface area contributed by atoms with Gasteiger partial charge in [-0.15, -0.1) is 0 Å². The lowest BCUT2D eigenvalue weighted by Crippen LogP contribution is -2.44. The number of aromatic amines is 1. The number of amides is 1. The zero-order valence-corrected chi connectivity index (χ0v) is 20.5. The highest BCUT2D eigenvalue weighted by Crippen LogP contribution is 2.29. The van der Waals surface area contributed by atoms with Crippen LogP contribution in [-0.4, -0.2) is 51.6 Å². The molecule has 0 spiro atoms. The van der Waals surface area contributed by atoms with Crippen LogP contribution in [0.1, 0.15) is 42.0 Å². The minimum atomic E-state index is -1.23. The van der Waals surface area contributed by atoms with E-state index in [1.165, 1.54) is 12.1 Å². The van der Waals surface area contributed by atoms with E-state index in [4.69, 9.17) is 16.3 Å². The van der Waals surface area contributed by atoms with Crippen LogP contribution in [0.15, 0.2) is 42.5 Å². The van der Waals surface area contributed by atoms with Crippen molar-refractivity contribution in [1.82, 2.24) is 20.7 Å². The average Bonchev–Trinajstić information content (AvgIpc) is 3.25. The van der Waals surface area contributed by atoms with E-state index in [0.29, 0.717) is 34.9 Å². The van der Waals surface area contributed by atoms with Crippen molar-refractivity contribution in [1.29, 1.82) is 0 Å². The fourth-order valence-corrected chi connectivity index (χ4v) is 4.00. The Morgan fingerprint density at radius 2 is 1.94 bits per heavy atom. The van der Waals surface area contributed by atoms with Gasteiger partial charge in [-0.1, -0.05) is 35.9 Å². The van der Waals surface area contributed by atoms with Crippen molar-refractivity contribution in [2.45, 2.75) is 39.7 Å². The number of hydrogen-bond acceptors (Lipinski definition) is 5. The molecule has 0 radical (unpaired) electrons. The van der Waals surface area contributed by atoms with Gasteiger partial charge in [0.1, 0.15) is 5.82 Å². The highest BCUT2D eigenvalue weighted by molar-refractivity contribution is 6.30. The van der Waals surface area contributed by atoms with Crippen molar-refractivity contribution in [2.24, 2.45) is 5.41 Å². The molecule has 186 valence electrons. The first-order chi connectivity index (χ1) is 16.6. The molecule has 0 fully saturated rings. The van der Waals surface area contributed by atoms with Gasteiger partial charge < -0.3 is 15.2 Å². The Kier molecular flexibility index (Phi) is 8.58. The highest BCUT2D eigenvalue weighted by atomic mass is 35.5. The van der Waals surface area contributed by atoms with E-state index < -0.39 is 23.3 Å². The third-order valence-corrected chi connectivity index (χ3v) is 6.02. The summed E-state index contributed by atoms with van der Waals surface area (Å²) in [5, 5.41) is 23.4. The van der Waals surface area contributed by atoms with Gasteiger partial charge in [0.25, 0.3) is 5.91 Å². The summed E-state index contributed by atoms with van der Waals surface area (Å²) in [5.41, 5.74) is 1.22. The van der Waals surface area contributed by atoms with Crippen LogP contribution in [0.2, 0.25) is 5.02 Å². The van der Waals surface area contributed by atoms with Gasteiger partial charge >= 0.3 is 5.97 Å². The number of carboxylic acid groups (broad SMARTS) is 1. The Morgan fingerprint density at radius 1 is 1.23 bits per heavy atom. The molecule has 2 aromatic carbocycles. The van der Waals surface area contributed by atoms with Crippen molar-refractivity contribution in [2.75, 3.05) is 13.2 Å². The van der Waals surface area contributed by atoms with Crippen molar-refractivity contribution in [3.05, 3.63) is 70.3 Å². The van der Waals surface area contributed by atoms with Crippen molar-refractivity contribution in [3.8, 4) is 11.1 Å². The number of rotatable bonds is 11. The summed E-state index contributed by atoms with van der Waals surface area (Å²) in [7, 11) is 0. The second kappa shape index (κ2) is 11.4. The predicted molar refractivity (Wildman–Crippen MR) is 130 cm³/mol. The molecule has 1 amide bonds. The van der Waals surface area contributed by atoms with Gasteiger partial charge in [0.2, 0.25) is 0 Å². The van der Waals surface area contributed by atoms with E-state index in [2.05, 4.69) is 20.7 Å². The summed E-state index contributed by atoms with van der Waals surface area (Å²) in [6, 6.07) is 11.0. The molecule has 0 unspecified atom stereocenters. The average molecular weight is 503 g/mol. The summed E-state index contributed by atoms with van der Waals surface area (Å²) in [4.78, 5) is 24.9. The van der Waals surface area contributed by atoms with Gasteiger partial charge in [-0.25, -0.2) is 4.39 Å². The zero-order chi connectivity index (χ0) is 25.6. The van der Waals surface area contributed by atoms with E-state index in [9.17, 15) is 19.1 Å². The Morgan fingerprint density at radius 3 is 2.54 bits per heavy atom. The minimum Gasteiger partial charge on any atom is -0.481 e. The lowest BCUT2D eigenvalue weighted by atomic mass is 9.82. The monoisotopic (exact) mass is 502 g/mol. The summed E-state index contributed by atoms with van der Waals surface area (Å²) in [6.07, 6.45) is 0.464. The van der Waals surface area contributed by atoms with Crippen LogP contribution in [0.3, 0.4) is 0 Å². The van der Waals surface area contributed by atoms with Crippen LogP contribution in [0.4, 0.5) is 4.39 Å². The molecule has 1 heterocycles. The maximum atomic E-state index is 14.3. The SMILES string of the molecule is CCOC[C@](C)(C[C@@H](Cc1ccc(-c2cc(Cl)ccc2F)cc1)NC(=O)c1n[nH]nc1C)C(=O)O. The first-order valence-corrected chi connectivity index (χ1v) is 11.5. The number of benzene rings is 2. The molecule has 3 N–H and O–H groups in total. The number of aliphatic carboxylic acids is 1. The molecule has 35 heavy (non-hydrogen) atoms. The molecule has 8 nitrogen and oxygen atoms in total. The topological polar surface area (TPSA) is 117 Å². The molecule has 3 rings (SSSR count). The molecule has 0 aliphatic heterocycles. The summed E-state index contributed by atoms with van der Waals surface area (Å²) in [6.45, 7) is 5.41. The minimum absolute atomic E-state index is 0.00116. The van der Waals surface area contributed by atoms with E-state index >= 15 is 0 Å². The first-order valence-electron chi connectivity index (χ1n) is 11.2. The number of halogens is 2. The second-order valence-electron chi connectivity index (χ2n) is 8.66. The largest absolute Gasteiger partial charge is 0.481 e. The predicted octanol–water partition coefficient (Wildman–Crippen LogP) is 4.43. The van der Waals surface area contributed by atoms with Crippen LogP contribution in [-0.2, 0) is 16.0 Å². The van der Waals surface area contributed by atoms with Crippen molar-refractivity contribution < 1.29 is 23.8 Å². The Hall–Kier alpha value is -3.30. The Bertz CT molecular complexity index is 1180. The second-order valence-corrected chi connectivity index (χ2v) is 9.10. The van der Waals surface area contributed by atoms with E-state index in [1.54, 1.807) is 39.0 Å². The smallest absolute Gasteiger partial charge is 0.311 e. The summed E-state index contributed by atoms with van der Waals surface area (Å²) >= 11 is 6.02. The number of nitrogens with one attached hydrogen (secondary N) is 2. The van der Waals surface area contributed by atoms with Crippen molar-refractivity contribution in [3.63, 3.8) is 0 Å². The standard InChI is InChI=1S/C25H28ClFN4O4/c1-4-35-14-25(3,24(33)34)13-19(28-23(32)22-15(2)29-31-30-22)11-16-5-7-17(8-6-16)20-12-18(26)9-10-21(20)27/h5-10,12,19H,4,11,13-14H2,1-3H3,(H,28,32)(H,33,34)(H,29,30,31)/t19-,25+/m1/s1. The summed E-state index contributed by atoms with van der Waals surface area (Å²) < 4.78 is 19.7. The number of aromatic nitrogens is 3. The number of carbonyl (C=O) groups excluding carboxylic acids is 1. The maximum absolute atomic E-state index is 14.3. The molecule has 0 bridgehead atoms. The van der Waals surface area contributed by atoms with Crippen LogP contribution >= 0.6 is 11.6 Å². The van der Waals surface area contributed by atoms with Gasteiger partial charge in [-0.3, -0.25) is 9.59 Å². The Balaban J connectivity index is 1.85. The number of ether oxygens (including phenoxy) is 1. The van der Waals surface area contributed by atoms with Gasteiger partial charge in [0.05, 0.1) is 17.7 Å². The highest BCUT2D eigenvalue weighted by Gasteiger charge is 2.37. The van der Waals surface area contributed by atoms with E-state index in [-0.39, 0.29) is 24.5 Å². The number of aryl methyl sites for hydroxylation is 1. The molecule has 0 aliphatic rings. The molecule has 10 heteroatoms. The van der Waals surface area contributed by atoms with Crippen LogP contribution in [0.25, 0.3) is 11.1 Å². The fraction of sp³-hybridized carbons (Fsp3) is 0.360. The van der Waals surface area contributed by atoms with Crippen LogP contribution < -0.4 is 5.32 Å². The van der Waals surface area contributed by atoms with E-state index in [1.807, 2.05) is 12.1 Å². The maximum Gasteiger partial charge on any atom is 0.311 e. The summed E-state index contributed by atoms with van der Waals surface area (Å²) in [5.74, 6) is -1.86. The molecule has 0 saturated heterocycles.